The fraction of sp³-hybridized carbons (Fsp3) is 0.263. The zero-order valence-electron chi connectivity index (χ0n) is 13.9. The molecule has 5 heteroatoms. The van der Waals surface area contributed by atoms with Crippen molar-refractivity contribution in [3.8, 4) is 5.75 Å². The number of anilines is 1. The summed E-state index contributed by atoms with van der Waals surface area (Å²) in [6.07, 6.45) is -0.188. The predicted molar refractivity (Wildman–Crippen MR) is 92.5 cm³/mol. The SMILES string of the molecule is CCOC(=O)Nc1cc(C(=O)CC)ccc1OCc1ccccc1. The number of Topliss-reactive ketones (excluding diaryl/α,β-unsaturated/α-hetero) is 1. The normalized spacial score (nSPS) is 10.1. The van der Waals surface area contributed by atoms with E-state index in [-0.39, 0.29) is 12.4 Å². The van der Waals surface area contributed by atoms with Crippen molar-refractivity contribution >= 4 is 17.6 Å². The molecule has 0 atom stereocenters. The molecule has 0 spiro atoms. The Balaban J connectivity index is 2.20. The molecule has 1 N–H and O–H groups in total. The predicted octanol–water partition coefficient (Wildman–Crippen LogP) is 4.43. The first-order valence-electron chi connectivity index (χ1n) is 7.91. The molecule has 0 aliphatic carbocycles. The summed E-state index contributed by atoms with van der Waals surface area (Å²) in [5, 5.41) is 2.63. The maximum Gasteiger partial charge on any atom is 0.411 e. The minimum absolute atomic E-state index is 0.00322. The van der Waals surface area contributed by atoms with Crippen LogP contribution in [0.15, 0.2) is 48.5 Å². The molecular weight excluding hydrogens is 306 g/mol. The lowest BCUT2D eigenvalue weighted by atomic mass is 10.1. The maximum atomic E-state index is 11.9. The first-order chi connectivity index (χ1) is 11.6. The number of nitrogens with one attached hydrogen (secondary N) is 1. The molecule has 0 fully saturated rings. The molecule has 5 nitrogen and oxygen atoms in total. The van der Waals surface area contributed by atoms with Gasteiger partial charge < -0.3 is 9.47 Å². The van der Waals surface area contributed by atoms with Gasteiger partial charge in [0.2, 0.25) is 0 Å². The fourth-order valence-corrected chi connectivity index (χ4v) is 2.14. The number of benzene rings is 2. The average molecular weight is 327 g/mol. The van der Waals surface area contributed by atoms with Crippen LogP contribution in [-0.2, 0) is 11.3 Å². The highest BCUT2D eigenvalue weighted by Crippen LogP contribution is 2.27. The van der Waals surface area contributed by atoms with E-state index < -0.39 is 6.09 Å². The maximum absolute atomic E-state index is 11.9. The minimum Gasteiger partial charge on any atom is -0.487 e. The number of amides is 1. The van der Waals surface area contributed by atoms with E-state index in [2.05, 4.69) is 5.32 Å². The van der Waals surface area contributed by atoms with Gasteiger partial charge in [-0.2, -0.15) is 0 Å². The largest absolute Gasteiger partial charge is 0.487 e. The van der Waals surface area contributed by atoms with Gasteiger partial charge in [-0.3, -0.25) is 10.1 Å². The number of hydrogen-bond acceptors (Lipinski definition) is 4. The number of rotatable bonds is 7. The van der Waals surface area contributed by atoms with Gasteiger partial charge in [-0.15, -0.1) is 0 Å². The van der Waals surface area contributed by atoms with Crippen LogP contribution in [0.2, 0.25) is 0 Å². The highest BCUT2D eigenvalue weighted by Gasteiger charge is 2.12. The Morgan fingerprint density at radius 2 is 1.79 bits per heavy atom. The number of carbonyl (C=O) groups excluding carboxylic acids is 2. The van der Waals surface area contributed by atoms with Gasteiger partial charge in [0.1, 0.15) is 12.4 Å². The van der Waals surface area contributed by atoms with E-state index in [1.165, 1.54) is 0 Å². The molecular formula is C19H21NO4. The van der Waals surface area contributed by atoms with Crippen LogP contribution in [-0.4, -0.2) is 18.5 Å². The van der Waals surface area contributed by atoms with E-state index in [4.69, 9.17) is 9.47 Å². The highest BCUT2D eigenvalue weighted by molar-refractivity contribution is 5.98. The zero-order chi connectivity index (χ0) is 17.4. The Morgan fingerprint density at radius 1 is 1.04 bits per heavy atom. The molecule has 0 saturated heterocycles. The number of hydrogen-bond donors (Lipinski definition) is 1. The van der Waals surface area contributed by atoms with Gasteiger partial charge in [0.15, 0.2) is 5.78 Å². The molecule has 126 valence electrons. The van der Waals surface area contributed by atoms with Crippen LogP contribution in [0.5, 0.6) is 5.75 Å². The van der Waals surface area contributed by atoms with Crippen LogP contribution in [0.1, 0.15) is 36.2 Å². The summed E-state index contributed by atoms with van der Waals surface area (Å²) in [6, 6.07) is 14.7. The third-order valence-electron chi connectivity index (χ3n) is 3.37. The van der Waals surface area contributed by atoms with Gasteiger partial charge in [0.25, 0.3) is 0 Å². The van der Waals surface area contributed by atoms with E-state index in [1.807, 2.05) is 30.3 Å². The molecule has 0 unspecified atom stereocenters. The van der Waals surface area contributed by atoms with Crippen LogP contribution < -0.4 is 10.1 Å². The standard InChI is InChI=1S/C19H21NO4/c1-3-17(21)15-10-11-18(16(12-15)20-19(22)23-4-2)24-13-14-8-6-5-7-9-14/h5-12H,3-4,13H2,1-2H3,(H,20,22). The first-order valence-corrected chi connectivity index (χ1v) is 7.91. The van der Waals surface area contributed by atoms with Gasteiger partial charge in [0, 0.05) is 12.0 Å². The quantitative estimate of drug-likeness (QED) is 0.764. The Bertz CT molecular complexity index is 698. The lowest BCUT2D eigenvalue weighted by Gasteiger charge is -2.14. The van der Waals surface area contributed by atoms with Gasteiger partial charge >= 0.3 is 6.09 Å². The van der Waals surface area contributed by atoms with Gasteiger partial charge in [0.05, 0.1) is 12.3 Å². The van der Waals surface area contributed by atoms with Crippen LogP contribution in [0.3, 0.4) is 0 Å². The lowest BCUT2D eigenvalue weighted by molar-refractivity contribution is 0.0988. The Kier molecular flexibility index (Phi) is 6.37. The van der Waals surface area contributed by atoms with Crippen LogP contribution in [0.4, 0.5) is 10.5 Å². The van der Waals surface area contributed by atoms with E-state index in [9.17, 15) is 9.59 Å². The second kappa shape index (κ2) is 8.72. The van der Waals surface area contributed by atoms with Crippen molar-refractivity contribution in [2.24, 2.45) is 0 Å². The van der Waals surface area contributed by atoms with E-state index in [0.717, 1.165) is 5.56 Å². The van der Waals surface area contributed by atoms with Gasteiger partial charge in [-0.05, 0) is 30.7 Å². The van der Waals surface area contributed by atoms with Crippen molar-refractivity contribution in [2.75, 3.05) is 11.9 Å². The number of ether oxygens (including phenoxy) is 2. The second-order valence-electron chi connectivity index (χ2n) is 5.11. The van der Waals surface area contributed by atoms with E-state index >= 15 is 0 Å². The molecule has 2 rings (SSSR count). The molecule has 0 heterocycles. The summed E-state index contributed by atoms with van der Waals surface area (Å²) in [7, 11) is 0. The molecule has 2 aromatic rings. The van der Waals surface area contributed by atoms with Crippen molar-refractivity contribution < 1.29 is 19.1 Å². The monoisotopic (exact) mass is 327 g/mol. The topological polar surface area (TPSA) is 64.6 Å². The van der Waals surface area contributed by atoms with Gasteiger partial charge in [-0.1, -0.05) is 37.3 Å². The summed E-state index contributed by atoms with van der Waals surface area (Å²) in [5.74, 6) is 0.482. The molecule has 0 aromatic heterocycles. The van der Waals surface area contributed by atoms with Gasteiger partial charge in [-0.25, -0.2) is 4.79 Å². The molecule has 1 amide bonds. The molecule has 24 heavy (non-hydrogen) atoms. The smallest absolute Gasteiger partial charge is 0.411 e. The second-order valence-corrected chi connectivity index (χ2v) is 5.11. The van der Waals surface area contributed by atoms with Crippen molar-refractivity contribution in [2.45, 2.75) is 26.9 Å². The van der Waals surface area contributed by atoms with E-state index in [0.29, 0.717) is 30.0 Å². The highest BCUT2D eigenvalue weighted by atomic mass is 16.5. The molecule has 0 aliphatic rings. The third-order valence-corrected chi connectivity index (χ3v) is 3.37. The molecule has 0 aliphatic heterocycles. The zero-order valence-corrected chi connectivity index (χ0v) is 13.9. The van der Waals surface area contributed by atoms with Crippen molar-refractivity contribution in [3.63, 3.8) is 0 Å². The third kappa shape index (κ3) is 4.84. The van der Waals surface area contributed by atoms with Crippen LogP contribution in [0, 0.1) is 0 Å². The van der Waals surface area contributed by atoms with Crippen molar-refractivity contribution in [1.29, 1.82) is 0 Å². The summed E-state index contributed by atoms with van der Waals surface area (Å²) >= 11 is 0. The van der Waals surface area contributed by atoms with Crippen molar-refractivity contribution in [3.05, 3.63) is 59.7 Å². The average Bonchev–Trinajstić information content (AvgIpc) is 2.61. The summed E-state index contributed by atoms with van der Waals surface area (Å²) < 4.78 is 10.7. The lowest BCUT2D eigenvalue weighted by Crippen LogP contribution is -2.15. The summed E-state index contributed by atoms with van der Waals surface area (Å²) in [5.41, 5.74) is 1.95. The number of carbonyl (C=O) groups is 2. The minimum atomic E-state index is -0.580. The Hall–Kier alpha value is -2.82. The fourth-order valence-electron chi connectivity index (χ4n) is 2.14. The first kappa shape index (κ1) is 17.5. The molecule has 0 radical (unpaired) electrons. The summed E-state index contributed by atoms with van der Waals surface area (Å²) in [4.78, 5) is 23.6. The molecule has 0 bridgehead atoms. The van der Waals surface area contributed by atoms with Crippen molar-refractivity contribution in [1.82, 2.24) is 0 Å². The number of ketones is 1. The molecule has 0 saturated carbocycles. The van der Waals surface area contributed by atoms with Crippen LogP contribution in [0.25, 0.3) is 0 Å². The van der Waals surface area contributed by atoms with Crippen LogP contribution >= 0.6 is 0 Å². The summed E-state index contributed by atoms with van der Waals surface area (Å²) in [6.45, 7) is 4.14. The Morgan fingerprint density at radius 3 is 2.46 bits per heavy atom. The molecule has 2 aromatic carbocycles. The van der Waals surface area contributed by atoms with E-state index in [1.54, 1.807) is 32.0 Å². The Labute approximate surface area is 141 Å².